The second-order valence-electron chi connectivity index (χ2n) is 6.34. The van der Waals surface area contributed by atoms with E-state index in [1.54, 1.807) is 0 Å². The molecule has 0 aliphatic carbocycles. The number of carboxylic acid groups (broad SMARTS) is 1. The molecule has 1 rings (SSSR count). The molecule has 0 saturated carbocycles. The molecule has 0 aromatic heterocycles. The summed E-state index contributed by atoms with van der Waals surface area (Å²) in [5.74, 6) is -0.731. The third-order valence-electron chi connectivity index (χ3n) is 3.27. The first kappa shape index (κ1) is 15.7. The van der Waals surface area contributed by atoms with Gasteiger partial charge < -0.3 is 10.0 Å². The van der Waals surface area contributed by atoms with E-state index in [1.807, 2.05) is 20.9 Å². The van der Waals surface area contributed by atoms with Crippen molar-refractivity contribution in [3.63, 3.8) is 0 Å². The second-order valence-corrected chi connectivity index (χ2v) is 6.34. The van der Waals surface area contributed by atoms with E-state index in [0.29, 0.717) is 0 Å². The second kappa shape index (κ2) is 6.20. The highest BCUT2D eigenvalue weighted by molar-refractivity contribution is 5.67. The monoisotopic (exact) mass is 263 g/mol. The van der Waals surface area contributed by atoms with Crippen molar-refractivity contribution in [2.24, 2.45) is 5.41 Å². The number of hydrogen-bond acceptors (Lipinski definition) is 2. The summed E-state index contributed by atoms with van der Waals surface area (Å²) in [6.07, 6.45) is 0.199. The van der Waals surface area contributed by atoms with Crippen LogP contribution in [0, 0.1) is 19.3 Å². The maximum atomic E-state index is 10.8. The van der Waals surface area contributed by atoms with Crippen LogP contribution in [-0.4, -0.2) is 29.6 Å². The van der Waals surface area contributed by atoms with Crippen LogP contribution in [0.5, 0.6) is 0 Å². The van der Waals surface area contributed by atoms with E-state index in [2.05, 4.69) is 36.9 Å². The van der Waals surface area contributed by atoms with Crippen molar-refractivity contribution in [3.05, 3.63) is 34.9 Å². The molecule has 0 amide bonds. The van der Waals surface area contributed by atoms with Gasteiger partial charge in [-0.15, -0.1) is 0 Å². The normalized spacial score (nSPS) is 11.9. The lowest BCUT2D eigenvalue weighted by atomic mass is 9.88. The van der Waals surface area contributed by atoms with Gasteiger partial charge in [0.05, 0.1) is 6.42 Å². The van der Waals surface area contributed by atoms with Crippen molar-refractivity contribution < 1.29 is 9.90 Å². The lowest BCUT2D eigenvalue weighted by Gasteiger charge is -2.29. The van der Waals surface area contributed by atoms with E-state index < -0.39 is 5.97 Å². The van der Waals surface area contributed by atoms with Gasteiger partial charge in [-0.3, -0.25) is 4.79 Å². The Hall–Kier alpha value is -1.35. The number of carboxylic acids is 1. The van der Waals surface area contributed by atoms with Gasteiger partial charge in [0.2, 0.25) is 0 Å². The van der Waals surface area contributed by atoms with Gasteiger partial charge in [-0.25, -0.2) is 0 Å². The van der Waals surface area contributed by atoms with E-state index in [1.165, 1.54) is 16.7 Å². The molecule has 0 fully saturated rings. The molecule has 0 radical (unpaired) electrons. The number of nitrogens with zero attached hydrogens (tertiary/aromatic N) is 1. The number of hydrogen-bond donors (Lipinski definition) is 1. The number of aliphatic carboxylic acids is 1. The zero-order valence-corrected chi connectivity index (χ0v) is 12.7. The molecule has 1 N–H and O–H groups in total. The molecule has 0 heterocycles. The van der Waals surface area contributed by atoms with Crippen molar-refractivity contribution in [2.75, 3.05) is 13.6 Å². The summed E-state index contributed by atoms with van der Waals surface area (Å²) in [4.78, 5) is 13.0. The average Bonchev–Trinajstić information content (AvgIpc) is 2.20. The minimum Gasteiger partial charge on any atom is -0.481 e. The summed E-state index contributed by atoms with van der Waals surface area (Å²) in [6.45, 7) is 9.84. The topological polar surface area (TPSA) is 40.5 Å². The van der Waals surface area contributed by atoms with Crippen LogP contribution in [0.15, 0.2) is 18.2 Å². The van der Waals surface area contributed by atoms with E-state index >= 15 is 0 Å². The van der Waals surface area contributed by atoms with E-state index in [9.17, 15) is 4.79 Å². The third-order valence-corrected chi connectivity index (χ3v) is 3.27. The molecule has 0 aliphatic heterocycles. The maximum absolute atomic E-state index is 10.8. The van der Waals surface area contributed by atoms with Gasteiger partial charge in [0.15, 0.2) is 0 Å². The van der Waals surface area contributed by atoms with Crippen LogP contribution in [0.25, 0.3) is 0 Å². The molecule has 3 heteroatoms. The molecule has 0 unspecified atom stereocenters. The Morgan fingerprint density at radius 2 is 1.95 bits per heavy atom. The summed E-state index contributed by atoms with van der Waals surface area (Å²) in [5, 5.41) is 8.91. The Balaban J connectivity index is 2.67. The average molecular weight is 263 g/mol. The molecule has 0 spiro atoms. The molecule has 106 valence electrons. The Bertz CT molecular complexity index is 452. The van der Waals surface area contributed by atoms with E-state index in [4.69, 9.17) is 5.11 Å². The van der Waals surface area contributed by atoms with Crippen molar-refractivity contribution in [3.8, 4) is 0 Å². The van der Waals surface area contributed by atoms with Gasteiger partial charge >= 0.3 is 5.97 Å². The molecule has 0 bridgehead atoms. The summed E-state index contributed by atoms with van der Waals surface area (Å²) in [6, 6.07) is 6.46. The third kappa shape index (κ3) is 5.43. The highest BCUT2D eigenvalue weighted by Crippen LogP contribution is 2.22. The Kier molecular flexibility index (Phi) is 5.12. The maximum Gasteiger partial charge on any atom is 0.303 e. The molecule has 0 saturated heterocycles. The first-order chi connectivity index (χ1) is 8.69. The lowest BCUT2D eigenvalue weighted by Crippen LogP contribution is -2.33. The molecule has 1 aromatic rings. The van der Waals surface area contributed by atoms with Gasteiger partial charge in [0, 0.05) is 13.1 Å². The van der Waals surface area contributed by atoms with Gasteiger partial charge in [-0.1, -0.05) is 37.6 Å². The van der Waals surface area contributed by atoms with Crippen LogP contribution in [0.3, 0.4) is 0 Å². The fourth-order valence-electron chi connectivity index (χ4n) is 2.51. The molecule has 3 nitrogen and oxygen atoms in total. The van der Waals surface area contributed by atoms with Gasteiger partial charge in [-0.2, -0.15) is 0 Å². The Morgan fingerprint density at radius 3 is 2.53 bits per heavy atom. The van der Waals surface area contributed by atoms with Gasteiger partial charge in [0.25, 0.3) is 0 Å². The van der Waals surface area contributed by atoms with Crippen LogP contribution < -0.4 is 0 Å². The highest BCUT2D eigenvalue weighted by atomic mass is 16.4. The van der Waals surface area contributed by atoms with Crippen molar-refractivity contribution >= 4 is 5.97 Å². The zero-order chi connectivity index (χ0) is 14.6. The molecule has 19 heavy (non-hydrogen) atoms. The molecule has 0 atom stereocenters. The van der Waals surface area contributed by atoms with Gasteiger partial charge in [-0.05, 0) is 37.4 Å². The van der Waals surface area contributed by atoms with Gasteiger partial charge in [0.1, 0.15) is 0 Å². The summed E-state index contributed by atoms with van der Waals surface area (Å²) < 4.78 is 0. The number of rotatable bonds is 6. The SMILES string of the molecule is Cc1ccc(C)c(CN(C)CC(C)(C)CC(=O)O)c1. The lowest BCUT2D eigenvalue weighted by molar-refractivity contribution is -0.139. The first-order valence-corrected chi connectivity index (χ1v) is 6.66. The predicted octanol–water partition coefficient (Wildman–Crippen LogP) is 3.24. The Morgan fingerprint density at radius 1 is 1.32 bits per heavy atom. The summed E-state index contributed by atoms with van der Waals surface area (Å²) in [5.41, 5.74) is 3.65. The van der Waals surface area contributed by atoms with E-state index in [0.717, 1.165) is 13.1 Å². The first-order valence-electron chi connectivity index (χ1n) is 6.66. The molecule has 0 aliphatic rings. The van der Waals surface area contributed by atoms with Crippen LogP contribution >= 0.6 is 0 Å². The summed E-state index contributed by atoms with van der Waals surface area (Å²) >= 11 is 0. The molecular weight excluding hydrogens is 238 g/mol. The minimum absolute atomic E-state index is 0.199. The van der Waals surface area contributed by atoms with Crippen LogP contribution in [-0.2, 0) is 11.3 Å². The number of aryl methyl sites for hydroxylation is 2. The molecular formula is C16H25NO2. The smallest absolute Gasteiger partial charge is 0.303 e. The zero-order valence-electron chi connectivity index (χ0n) is 12.7. The quantitative estimate of drug-likeness (QED) is 0.856. The van der Waals surface area contributed by atoms with Crippen molar-refractivity contribution in [1.29, 1.82) is 0 Å². The standard InChI is InChI=1S/C16H25NO2/c1-12-6-7-13(2)14(8-12)10-17(5)11-16(3,4)9-15(18)19/h6-8H,9-11H2,1-5H3,(H,18,19). The fraction of sp³-hybridized carbons (Fsp3) is 0.562. The summed E-state index contributed by atoms with van der Waals surface area (Å²) in [7, 11) is 2.05. The number of benzene rings is 1. The highest BCUT2D eigenvalue weighted by Gasteiger charge is 2.23. The van der Waals surface area contributed by atoms with Crippen LogP contribution in [0.2, 0.25) is 0 Å². The van der Waals surface area contributed by atoms with Crippen LogP contribution in [0.4, 0.5) is 0 Å². The fourth-order valence-corrected chi connectivity index (χ4v) is 2.51. The van der Waals surface area contributed by atoms with Crippen LogP contribution in [0.1, 0.15) is 37.0 Å². The number of carbonyl (C=O) groups is 1. The van der Waals surface area contributed by atoms with E-state index in [-0.39, 0.29) is 11.8 Å². The minimum atomic E-state index is -0.731. The largest absolute Gasteiger partial charge is 0.481 e. The Labute approximate surface area is 116 Å². The van der Waals surface area contributed by atoms with Crippen molar-refractivity contribution in [2.45, 2.75) is 40.7 Å². The predicted molar refractivity (Wildman–Crippen MR) is 78.3 cm³/mol. The molecule has 1 aromatic carbocycles. The van der Waals surface area contributed by atoms with Crippen molar-refractivity contribution in [1.82, 2.24) is 4.90 Å².